The van der Waals surface area contributed by atoms with E-state index in [-0.39, 0.29) is 11.5 Å². The highest BCUT2D eigenvalue weighted by atomic mass is 32.2. The molecule has 5 nitrogen and oxygen atoms in total. The summed E-state index contributed by atoms with van der Waals surface area (Å²) in [6, 6.07) is 6.51. The molecule has 0 aliphatic carbocycles. The number of para-hydroxylation sites is 1. The van der Waals surface area contributed by atoms with Crippen LogP contribution in [0.3, 0.4) is 0 Å². The Morgan fingerprint density at radius 2 is 2.07 bits per heavy atom. The number of hydrogen-bond donors (Lipinski definition) is 1. The van der Waals surface area contributed by atoms with E-state index in [2.05, 4.69) is 5.16 Å². The Labute approximate surface area is 80.7 Å². The zero-order valence-electron chi connectivity index (χ0n) is 7.04. The average Bonchev–Trinajstić information content (AvgIpc) is 2.15. The molecule has 0 saturated heterocycles. The zero-order chi connectivity index (χ0) is 10.2. The van der Waals surface area contributed by atoms with E-state index in [0.29, 0.717) is 5.56 Å². The lowest BCUT2D eigenvalue weighted by molar-refractivity contribution is 0.318. The van der Waals surface area contributed by atoms with Crippen molar-refractivity contribution in [3.63, 3.8) is 0 Å². The second-order valence-corrected chi connectivity index (χ2v) is 4.40. The predicted octanol–water partition coefficient (Wildman–Crippen LogP) is 0.587. The van der Waals surface area contributed by atoms with Gasteiger partial charge in [0.1, 0.15) is 11.5 Å². The summed E-state index contributed by atoms with van der Waals surface area (Å²) in [6.07, 6.45) is 0. The number of rotatable bonds is 0. The van der Waals surface area contributed by atoms with Crippen molar-refractivity contribution in [1.82, 2.24) is 0 Å². The number of hydrogen-bond acceptors (Lipinski definition) is 5. The quantitative estimate of drug-likeness (QED) is 0.388. The molecule has 0 atom stereocenters. The first-order valence-electron chi connectivity index (χ1n) is 3.85. The monoisotopic (exact) mass is 213 g/mol. The third kappa shape index (κ3) is 1.44. The molecule has 0 spiro atoms. The molecule has 0 bridgehead atoms. The molecule has 14 heavy (non-hydrogen) atoms. The Bertz CT molecular complexity index is 492. The first kappa shape index (κ1) is 9.01. The van der Waals surface area contributed by atoms with Gasteiger partial charge in [-0.2, -0.15) is 8.42 Å². The van der Waals surface area contributed by atoms with Crippen molar-refractivity contribution in [1.29, 1.82) is 0 Å². The summed E-state index contributed by atoms with van der Waals surface area (Å²) in [5.41, 5.74) is 0.608. The largest absolute Gasteiger partial charge is 0.411 e. The average molecular weight is 213 g/mol. The molecule has 1 aromatic carbocycles. The van der Waals surface area contributed by atoms with Gasteiger partial charge in [-0.05, 0) is 12.1 Å². The molecule has 1 heterocycles. The lowest BCUT2D eigenvalue weighted by atomic mass is 10.1. The molecule has 0 saturated carbocycles. The van der Waals surface area contributed by atoms with Gasteiger partial charge in [0, 0.05) is 5.56 Å². The SMILES string of the molecule is O=S1(=O)CC(=NO)c2ccccc2O1. The van der Waals surface area contributed by atoms with Crippen molar-refractivity contribution in [2.45, 2.75) is 0 Å². The summed E-state index contributed by atoms with van der Waals surface area (Å²) in [5.74, 6) is -0.202. The molecule has 1 N–H and O–H groups in total. The van der Waals surface area contributed by atoms with E-state index < -0.39 is 15.9 Å². The highest BCUT2D eigenvalue weighted by Gasteiger charge is 2.27. The maximum absolute atomic E-state index is 11.2. The number of nitrogens with zero attached hydrogens (tertiary/aromatic N) is 1. The van der Waals surface area contributed by atoms with Crippen LogP contribution >= 0.6 is 0 Å². The van der Waals surface area contributed by atoms with E-state index in [0.717, 1.165) is 0 Å². The molecular formula is C8H7NO4S. The number of benzene rings is 1. The van der Waals surface area contributed by atoms with Crippen LogP contribution in [0.5, 0.6) is 5.75 Å². The van der Waals surface area contributed by atoms with Crippen LogP contribution in [0.2, 0.25) is 0 Å². The van der Waals surface area contributed by atoms with Crippen molar-refractivity contribution >= 4 is 15.8 Å². The van der Waals surface area contributed by atoms with E-state index >= 15 is 0 Å². The molecule has 0 aromatic heterocycles. The Hall–Kier alpha value is -1.56. The molecule has 0 radical (unpaired) electrons. The lowest BCUT2D eigenvalue weighted by Crippen LogP contribution is -2.27. The molecule has 74 valence electrons. The van der Waals surface area contributed by atoms with E-state index in [1.54, 1.807) is 18.2 Å². The topological polar surface area (TPSA) is 76.0 Å². The summed E-state index contributed by atoms with van der Waals surface area (Å²) in [7, 11) is -3.65. The summed E-state index contributed by atoms with van der Waals surface area (Å²) >= 11 is 0. The molecule has 0 fully saturated rings. The van der Waals surface area contributed by atoms with E-state index in [1.165, 1.54) is 6.07 Å². The van der Waals surface area contributed by atoms with Gasteiger partial charge in [-0.25, -0.2) is 0 Å². The number of oxime groups is 1. The van der Waals surface area contributed by atoms with Gasteiger partial charge >= 0.3 is 10.1 Å². The van der Waals surface area contributed by atoms with Crippen LogP contribution in [-0.2, 0) is 10.1 Å². The molecule has 6 heteroatoms. The second-order valence-electron chi connectivity index (χ2n) is 2.83. The highest BCUT2D eigenvalue weighted by molar-refractivity contribution is 7.88. The molecule has 1 aromatic rings. The van der Waals surface area contributed by atoms with Gasteiger partial charge < -0.3 is 9.39 Å². The van der Waals surface area contributed by atoms with Gasteiger partial charge in [0.25, 0.3) is 0 Å². The highest BCUT2D eigenvalue weighted by Crippen LogP contribution is 2.25. The standard InChI is InChI=1S/C8H7NO4S/c10-9-7-5-14(11,12)13-8-4-2-1-3-6(7)8/h1-4,10H,5H2. The molecule has 0 amide bonds. The minimum Gasteiger partial charge on any atom is -0.411 e. The first-order valence-corrected chi connectivity index (χ1v) is 5.42. The van der Waals surface area contributed by atoms with Crippen LogP contribution in [0.1, 0.15) is 5.56 Å². The van der Waals surface area contributed by atoms with Gasteiger partial charge in [0.15, 0.2) is 5.75 Å². The van der Waals surface area contributed by atoms with Crippen LogP contribution in [0.15, 0.2) is 29.4 Å². The third-order valence-electron chi connectivity index (χ3n) is 1.85. The molecular weight excluding hydrogens is 206 g/mol. The fourth-order valence-electron chi connectivity index (χ4n) is 1.27. The fraction of sp³-hybridized carbons (Fsp3) is 0.125. The second kappa shape index (κ2) is 2.98. The molecule has 1 aliphatic rings. The van der Waals surface area contributed by atoms with Crippen LogP contribution in [-0.4, -0.2) is 25.1 Å². The molecule has 0 unspecified atom stereocenters. The smallest absolute Gasteiger partial charge is 0.315 e. The molecule has 2 rings (SSSR count). The summed E-state index contributed by atoms with van der Waals surface area (Å²) in [4.78, 5) is 0. The van der Waals surface area contributed by atoms with Crippen LogP contribution in [0.4, 0.5) is 0 Å². The van der Waals surface area contributed by atoms with Crippen molar-refractivity contribution < 1.29 is 17.8 Å². The van der Waals surface area contributed by atoms with Crippen LogP contribution in [0.25, 0.3) is 0 Å². The Morgan fingerprint density at radius 3 is 2.79 bits per heavy atom. The lowest BCUT2D eigenvalue weighted by Gasteiger charge is -2.16. The normalized spacial score (nSPS) is 21.3. The Balaban J connectivity index is 2.63. The minimum absolute atomic E-state index is 0.104. The van der Waals surface area contributed by atoms with Gasteiger partial charge in [0.2, 0.25) is 0 Å². The summed E-state index contributed by atoms with van der Waals surface area (Å²) in [6.45, 7) is 0. The Morgan fingerprint density at radius 1 is 1.36 bits per heavy atom. The maximum Gasteiger partial charge on any atom is 0.315 e. The van der Waals surface area contributed by atoms with E-state index in [9.17, 15) is 8.42 Å². The van der Waals surface area contributed by atoms with Gasteiger partial charge in [-0.15, -0.1) is 0 Å². The predicted molar refractivity (Wildman–Crippen MR) is 49.2 cm³/mol. The minimum atomic E-state index is -3.65. The number of fused-ring (bicyclic) bond motifs is 1. The maximum atomic E-state index is 11.2. The van der Waals surface area contributed by atoms with Crippen molar-refractivity contribution in [2.24, 2.45) is 5.16 Å². The fourth-order valence-corrected chi connectivity index (χ4v) is 2.30. The third-order valence-corrected chi connectivity index (χ3v) is 2.91. The Kier molecular flexibility index (Phi) is 1.92. The van der Waals surface area contributed by atoms with Gasteiger partial charge in [0.05, 0.1) is 0 Å². The van der Waals surface area contributed by atoms with Crippen molar-refractivity contribution in [3.8, 4) is 5.75 Å². The van der Waals surface area contributed by atoms with Gasteiger partial charge in [-0.3, -0.25) is 0 Å². The van der Waals surface area contributed by atoms with Gasteiger partial charge in [-0.1, -0.05) is 17.3 Å². The summed E-state index contributed by atoms with van der Waals surface area (Å²) < 4.78 is 27.1. The van der Waals surface area contributed by atoms with Crippen LogP contribution < -0.4 is 4.18 Å². The van der Waals surface area contributed by atoms with Crippen molar-refractivity contribution in [2.75, 3.05) is 5.75 Å². The van der Waals surface area contributed by atoms with Crippen molar-refractivity contribution in [3.05, 3.63) is 29.8 Å². The zero-order valence-corrected chi connectivity index (χ0v) is 7.86. The van der Waals surface area contributed by atoms with E-state index in [1.807, 2.05) is 0 Å². The first-order chi connectivity index (χ1) is 6.62. The van der Waals surface area contributed by atoms with E-state index in [4.69, 9.17) is 9.39 Å². The molecule has 1 aliphatic heterocycles. The van der Waals surface area contributed by atoms with Crippen LogP contribution in [0, 0.1) is 0 Å². The summed E-state index contributed by atoms with van der Waals surface area (Å²) in [5, 5.41) is 11.6.